The van der Waals surface area contributed by atoms with E-state index in [2.05, 4.69) is 33.5 Å². The molecule has 6 heteroatoms. The number of hydrogen-bond acceptors (Lipinski definition) is 4. The summed E-state index contributed by atoms with van der Waals surface area (Å²) in [5.41, 5.74) is 3.21. The van der Waals surface area contributed by atoms with Crippen molar-refractivity contribution in [2.75, 3.05) is 53.9 Å². The van der Waals surface area contributed by atoms with Gasteiger partial charge in [0.15, 0.2) is 5.43 Å². The van der Waals surface area contributed by atoms with Crippen LogP contribution in [0.4, 0.5) is 0 Å². The van der Waals surface area contributed by atoms with Crippen LogP contribution in [0.5, 0.6) is 0 Å². The van der Waals surface area contributed by atoms with Crippen molar-refractivity contribution in [1.82, 2.24) is 19.3 Å². The van der Waals surface area contributed by atoms with E-state index < -0.39 is 0 Å². The van der Waals surface area contributed by atoms with Crippen LogP contribution in [0.2, 0.25) is 0 Å². The van der Waals surface area contributed by atoms with E-state index in [0.29, 0.717) is 25.1 Å². The average molecular weight is 411 g/mol. The van der Waals surface area contributed by atoms with E-state index in [4.69, 9.17) is 0 Å². The Labute approximate surface area is 179 Å². The zero-order chi connectivity index (χ0) is 21.7. The predicted octanol–water partition coefficient (Wildman–Crippen LogP) is 1.89. The second-order valence-electron chi connectivity index (χ2n) is 8.51. The van der Waals surface area contributed by atoms with Gasteiger partial charge in [-0.15, -0.1) is 0 Å². The molecule has 1 saturated heterocycles. The lowest BCUT2D eigenvalue weighted by molar-refractivity contribution is 0.0660. The number of aromatic nitrogens is 1. The zero-order valence-electron chi connectivity index (χ0n) is 18.7. The molecule has 0 saturated carbocycles. The second-order valence-corrected chi connectivity index (χ2v) is 8.51. The highest BCUT2D eigenvalue weighted by atomic mass is 16.2. The molecule has 0 aliphatic carbocycles. The Morgan fingerprint density at radius 3 is 2.33 bits per heavy atom. The number of benzene rings is 1. The second kappa shape index (κ2) is 10.0. The molecule has 0 radical (unpaired) electrons. The van der Waals surface area contributed by atoms with Crippen LogP contribution in [0.25, 0.3) is 0 Å². The lowest BCUT2D eigenvalue weighted by Gasteiger charge is -2.33. The van der Waals surface area contributed by atoms with E-state index in [1.54, 1.807) is 6.07 Å². The fraction of sp³-hybridized carbons (Fsp3) is 0.500. The summed E-state index contributed by atoms with van der Waals surface area (Å²) in [5, 5.41) is 0. The third-order valence-corrected chi connectivity index (χ3v) is 5.90. The zero-order valence-corrected chi connectivity index (χ0v) is 18.7. The Morgan fingerprint density at radius 2 is 1.70 bits per heavy atom. The largest absolute Gasteiger partial charge is 0.347 e. The van der Waals surface area contributed by atoms with Crippen molar-refractivity contribution in [3.05, 3.63) is 69.1 Å². The minimum Gasteiger partial charge on any atom is -0.347 e. The smallest absolute Gasteiger partial charge is 0.259 e. The van der Waals surface area contributed by atoms with Crippen LogP contribution in [-0.4, -0.2) is 79.0 Å². The van der Waals surface area contributed by atoms with Gasteiger partial charge < -0.3 is 19.3 Å². The topological polar surface area (TPSA) is 48.8 Å². The summed E-state index contributed by atoms with van der Waals surface area (Å²) in [7, 11) is 6.14. The van der Waals surface area contributed by atoms with Crippen molar-refractivity contribution in [2.24, 2.45) is 0 Å². The van der Waals surface area contributed by atoms with Gasteiger partial charge in [-0.1, -0.05) is 30.3 Å². The molecule has 0 unspecified atom stereocenters. The highest BCUT2D eigenvalue weighted by Crippen LogP contribution is 2.16. The van der Waals surface area contributed by atoms with Gasteiger partial charge in [-0.25, -0.2) is 0 Å². The summed E-state index contributed by atoms with van der Waals surface area (Å²) >= 11 is 0. The maximum Gasteiger partial charge on any atom is 0.259 e. The van der Waals surface area contributed by atoms with Crippen LogP contribution < -0.4 is 5.43 Å². The van der Waals surface area contributed by atoms with E-state index in [1.165, 1.54) is 5.56 Å². The summed E-state index contributed by atoms with van der Waals surface area (Å²) in [5.74, 6) is -0.116. The van der Waals surface area contributed by atoms with Crippen molar-refractivity contribution in [1.29, 1.82) is 0 Å². The molecule has 0 spiro atoms. The first kappa shape index (κ1) is 22.2. The van der Waals surface area contributed by atoms with Gasteiger partial charge in [0.05, 0.1) is 0 Å². The molecule has 0 N–H and O–H groups in total. The van der Waals surface area contributed by atoms with Gasteiger partial charge in [0.25, 0.3) is 5.91 Å². The fourth-order valence-corrected chi connectivity index (χ4v) is 4.01. The summed E-state index contributed by atoms with van der Waals surface area (Å²) in [6, 6.07) is 11.9. The Morgan fingerprint density at radius 1 is 1.03 bits per heavy atom. The standard InChI is InChI=1S/C24H34N4O2/c1-19-18-22(29)23(24(30)27-15-13-26(4)14-16-27)21(28(19)17-12-25(2)3)11-10-20-8-6-5-7-9-20/h5-9,18H,10-17H2,1-4H3. The molecule has 3 rings (SSSR count). The number of likely N-dealkylation sites (N-methyl/N-ethyl adjacent to an activating group) is 2. The van der Waals surface area contributed by atoms with Gasteiger partial charge >= 0.3 is 0 Å². The molecular weight excluding hydrogens is 376 g/mol. The van der Waals surface area contributed by atoms with Crippen molar-refractivity contribution in [2.45, 2.75) is 26.3 Å². The molecule has 2 heterocycles. The molecule has 0 bridgehead atoms. The minimum atomic E-state index is -0.152. The predicted molar refractivity (Wildman–Crippen MR) is 121 cm³/mol. The van der Waals surface area contributed by atoms with Gasteiger partial charge in [-0.05, 0) is 46.5 Å². The van der Waals surface area contributed by atoms with Gasteiger partial charge in [-0.3, -0.25) is 9.59 Å². The molecule has 1 aliphatic rings. The maximum atomic E-state index is 13.4. The normalized spacial score (nSPS) is 15.0. The van der Waals surface area contributed by atoms with Crippen LogP contribution in [0.15, 0.2) is 41.2 Å². The molecule has 1 aromatic carbocycles. The van der Waals surface area contributed by atoms with Crippen molar-refractivity contribution in [3.63, 3.8) is 0 Å². The van der Waals surface area contributed by atoms with E-state index in [1.807, 2.05) is 44.1 Å². The average Bonchev–Trinajstić information content (AvgIpc) is 2.72. The Balaban J connectivity index is 1.99. The van der Waals surface area contributed by atoms with Crippen molar-refractivity contribution >= 4 is 5.91 Å². The maximum absolute atomic E-state index is 13.4. The van der Waals surface area contributed by atoms with Crippen molar-refractivity contribution < 1.29 is 4.79 Å². The number of nitrogens with zero attached hydrogens (tertiary/aromatic N) is 4. The van der Waals surface area contributed by atoms with Gasteiger partial charge in [-0.2, -0.15) is 0 Å². The first-order valence-electron chi connectivity index (χ1n) is 10.8. The highest BCUT2D eigenvalue weighted by molar-refractivity contribution is 5.95. The first-order valence-corrected chi connectivity index (χ1v) is 10.8. The third-order valence-electron chi connectivity index (χ3n) is 5.90. The van der Waals surface area contributed by atoms with E-state index in [-0.39, 0.29) is 11.3 Å². The number of carbonyl (C=O) groups is 1. The monoisotopic (exact) mass is 410 g/mol. The molecular formula is C24H34N4O2. The summed E-state index contributed by atoms with van der Waals surface area (Å²) in [6.07, 6.45) is 1.47. The SMILES string of the molecule is Cc1cc(=O)c(C(=O)N2CCN(C)CC2)c(CCc2ccccc2)n1CCN(C)C. The molecule has 1 aliphatic heterocycles. The van der Waals surface area contributed by atoms with E-state index in [0.717, 1.165) is 44.0 Å². The van der Waals surface area contributed by atoms with Crippen molar-refractivity contribution in [3.8, 4) is 0 Å². The summed E-state index contributed by atoms with van der Waals surface area (Å²) in [6.45, 7) is 6.58. The summed E-state index contributed by atoms with van der Waals surface area (Å²) in [4.78, 5) is 32.7. The lowest BCUT2D eigenvalue weighted by Crippen LogP contribution is -2.48. The van der Waals surface area contributed by atoms with Gasteiger partial charge in [0.2, 0.25) is 0 Å². The molecule has 1 fully saturated rings. The Hall–Kier alpha value is -2.44. The minimum absolute atomic E-state index is 0.116. The van der Waals surface area contributed by atoms with E-state index in [9.17, 15) is 9.59 Å². The van der Waals surface area contributed by atoms with Crippen LogP contribution in [-0.2, 0) is 19.4 Å². The molecule has 0 atom stereocenters. The van der Waals surface area contributed by atoms with Crippen LogP contribution >= 0.6 is 0 Å². The molecule has 2 aromatic rings. The van der Waals surface area contributed by atoms with E-state index >= 15 is 0 Å². The number of pyridine rings is 1. The molecule has 1 amide bonds. The van der Waals surface area contributed by atoms with Gasteiger partial charge in [0.1, 0.15) is 5.56 Å². The number of amides is 1. The highest BCUT2D eigenvalue weighted by Gasteiger charge is 2.26. The Kier molecular flexibility index (Phi) is 7.45. The van der Waals surface area contributed by atoms with Crippen LogP contribution in [0.3, 0.4) is 0 Å². The number of aryl methyl sites for hydroxylation is 2. The molecule has 30 heavy (non-hydrogen) atoms. The van der Waals surface area contributed by atoms with Crippen LogP contribution in [0.1, 0.15) is 27.3 Å². The number of hydrogen-bond donors (Lipinski definition) is 0. The number of rotatable bonds is 7. The molecule has 162 valence electrons. The fourth-order valence-electron chi connectivity index (χ4n) is 4.01. The molecule has 1 aromatic heterocycles. The third kappa shape index (κ3) is 5.37. The summed E-state index contributed by atoms with van der Waals surface area (Å²) < 4.78 is 2.17. The quantitative estimate of drug-likeness (QED) is 0.700. The Bertz CT molecular complexity index is 913. The lowest BCUT2D eigenvalue weighted by atomic mass is 10.0. The number of carbonyl (C=O) groups excluding carboxylic acids is 1. The van der Waals surface area contributed by atoms with Crippen LogP contribution in [0, 0.1) is 6.92 Å². The van der Waals surface area contributed by atoms with Gasteiger partial charge in [0, 0.05) is 56.7 Å². The first-order chi connectivity index (χ1) is 14.4. The molecule has 6 nitrogen and oxygen atoms in total. The number of piperazine rings is 1.